The average Bonchev–Trinajstić information content (AvgIpc) is 2.37. The molecule has 2 N–H and O–H groups in total. The van der Waals surface area contributed by atoms with Gasteiger partial charge in [-0.15, -0.1) is 12.4 Å². The lowest BCUT2D eigenvalue weighted by molar-refractivity contribution is 0.114. The SMILES string of the molecule is CC1CCN(Cc2cccc(Cl)c2F)C(CN)C1.Cl. The van der Waals surface area contributed by atoms with Gasteiger partial charge in [-0.25, -0.2) is 4.39 Å². The van der Waals surface area contributed by atoms with Gasteiger partial charge >= 0.3 is 0 Å². The van der Waals surface area contributed by atoms with E-state index in [1.165, 1.54) is 0 Å². The maximum atomic E-state index is 13.9. The van der Waals surface area contributed by atoms with Crippen molar-refractivity contribution in [2.24, 2.45) is 11.7 Å². The van der Waals surface area contributed by atoms with Crippen molar-refractivity contribution in [3.8, 4) is 0 Å². The van der Waals surface area contributed by atoms with E-state index in [1.807, 2.05) is 0 Å². The largest absolute Gasteiger partial charge is 0.329 e. The van der Waals surface area contributed by atoms with E-state index in [1.54, 1.807) is 18.2 Å². The van der Waals surface area contributed by atoms with E-state index in [2.05, 4.69) is 11.8 Å². The van der Waals surface area contributed by atoms with Gasteiger partial charge in [0, 0.05) is 24.7 Å². The van der Waals surface area contributed by atoms with Gasteiger partial charge in [0.05, 0.1) is 5.02 Å². The number of halogens is 3. The number of nitrogens with two attached hydrogens (primary N) is 1. The highest BCUT2D eigenvalue weighted by atomic mass is 35.5. The van der Waals surface area contributed by atoms with Crippen molar-refractivity contribution in [1.29, 1.82) is 0 Å². The minimum Gasteiger partial charge on any atom is -0.329 e. The molecule has 1 heterocycles. The van der Waals surface area contributed by atoms with Gasteiger partial charge in [0.2, 0.25) is 0 Å². The van der Waals surface area contributed by atoms with Gasteiger partial charge < -0.3 is 5.73 Å². The van der Waals surface area contributed by atoms with Crippen molar-refractivity contribution in [2.75, 3.05) is 13.1 Å². The highest BCUT2D eigenvalue weighted by Gasteiger charge is 2.25. The number of benzene rings is 1. The van der Waals surface area contributed by atoms with Crippen LogP contribution in [0.15, 0.2) is 18.2 Å². The minimum atomic E-state index is -0.298. The molecule has 2 atom stereocenters. The standard InChI is InChI=1S/C14H20ClFN2.ClH/c1-10-5-6-18(12(7-10)8-17)9-11-3-2-4-13(15)14(11)16;/h2-4,10,12H,5-9,17H2,1H3;1H. The molecule has 2 nitrogen and oxygen atoms in total. The summed E-state index contributed by atoms with van der Waals surface area (Å²) < 4.78 is 13.9. The van der Waals surface area contributed by atoms with Gasteiger partial charge in [-0.1, -0.05) is 30.7 Å². The molecule has 1 aromatic rings. The fourth-order valence-electron chi connectivity index (χ4n) is 2.64. The van der Waals surface area contributed by atoms with Crippen molar-refractivity contribution < 1.29 is 4.39 Å². The molecule has 0 spiro atoms. The molecule has 1 aromatic carbocycles. The molecular weight excluding hydrogens is 286 g/mol. The molecule has 1 saturated heterocycles. The first-order valence-corrected chi connectivity index (χ1v) is 6.86. The summed E-state index contributed by atoms with van der Waals surface area (Å²) in [7, 11) is 0. The van der Waals surface area contributed by atoms with Gasteiger partial charge in [0.15, 0.2) is 0 Å². The summed E-state index contributed by atoms with van der Waals surface area (Å²) >= 11 is 5.81. The van der Waals surface area contributed by atoms with E-state index in [9.17, 15) is 4.39 Å². The molecule has 1 aliphatic rings. The summed E-state index contributed by atoms with van der Waals surface area (Å²) in [6, 6.07) is 5.53. The number of rotatable bonds is 3. The normalized spacial score (nSPS) is 24.0. The topological polar surface area (TPSA) is 29.3 Å². The molecule has 0 saturated carbocycles. The van der Waals surface area contributed by atoms with Crippen molar-refractivity contribution in [3.63, 3.8) is 0 Å². The van der Waals surface area contributed by atoms with E-state index in [0.717, 1.165) is 19.4 Å². The fourth-order valence-corrected chi connectivity index (χ4v) is 2.84. The van der Waals surface area contributed by atoms with E-state index in [0.29, 0.717) is 30.6 Å². The third-order valence-corrected chi connectivity index (χ3v) is 4.07. The Balaban J connectivity index is 0.00000180. The number of likely N-dealkylation sites (tertiary alicyclic amines) is 1. The monoisotopic (exact) mass is 306 g/mol. The molecule has 0 bridgehead atoms. The summed E-state index contributed by atoms with van der Waals surface area (Å²) in [4.78, 5) is 2.27. The predicted molar refractivity (Wildman–Crippen MR) is 80.3 cm³/mol. The maximum Gasteiger partial charge on any atom is 0.146 e. The van der Waals surface area contributed by atoms with Crippen molar-refractivity contribution in [2.45, 2.75) is 32.4 Å². The van der Waals surface area contributed by atoms with Crippen molar-refractivity contribution in [1.82, 2.24) is 4.90 Å². The van der Waals surface area contributed by atoms with Crippen LogP contribution in [0.4, 0.5) is 4.39 Å². The third kappa shape index (κ3) is 4.06. The second-order valence-electron chi connectivity index (χ2n) is 5.20. The predicted octanol–water partition coefficient (Wildman–Crippen LogP) is 3.46. The molecule has 0 radical (unpaired) electrons. The van der Waals surface area contributed by atoms with Gasteiger partial charge in [0.1, 0.15) is 5.82 Å². The minimum absolute atomic E-state index is 0. The molecule has 0 amide bonds. The quantitative estimate of drug-likeness (QED) is 0.926. The summed E-state index contributed by atoms with van der Waals surface area (Å²) in [5.74, 6) is 0.410. The molecule has 1 aliphatic heterocycles. The maximum absolute atomic E-state index is 13.9. The first kappa shape index (κ1) is 16.7. The van der Waals surface area contributed by atoms with E-state index in [-0.39, 0.29) is 23.2 Å². The van der Waals surface area contributed by atoms with Crippen LogP contribution in [0.3, 0.4) is 0 Å². The zero-order valence-electron chi connectivity index (χ0n) is 11.1. The van der Waals surface area contributed by atoms with Crippen LogP contribution in [0, 0.1) is 11.7 Å². The van der Waals surface area contributed by atoms with Crippen LogP contribution in [0.2, 0.25) is 5.02 Å². The molecular formula is C14H21Cl2FN2. The Hall–Kier alpha value is -0.350. The Morgan fingerprint density at radius 2 is 2.21 bits per heavy atom. The highest BCUT2D eigenvalue weighted by Crippen LogP contribution is 2.25. The van der Waals surface area contributed by atoms with Gasteiger partial charge in [-0.3, -0.25) is 4.90 Å². The third-order valence-electron chi connectivity index (χ3n) is 3.78. The van der Waals surface area contributed by atoms with Crippen molar-refractivity contribution >= 4 is 24.0 Å². The Bertz CT molecular complexity index is 414. The summed E-state index contributed by atoms with van der Waals surface area (Å²) in [5.41, 5.74) is 6.48. The Labute approximate surface area is 125 Å². The van der Waals surface area contributed by atoms with Crippen LogP contribution >= 0.6 is 24.0 Å². The Morgan fingerprint density at radius 1 is 1.47 bits per heavy atom. The van der Waals surface area contributed by atoms with Gasteiger partial charge in [0.25, 0.3) is 0 Å². The van der Waals surface area contributed by atoms with Crippen LogP contribution in [-0.4, -0.2) is 24.0 Å². The number of piperidine rings is 1. The van der Waals surface area contributed by atoms with Gasteiger partial charge in [-0.05, 0) is 31.4 Å². The number of hydrogen-bond donors (Lipinski definition) is 1. The number of hydrogen-bond acceptors (Lipinski definition) is 2. The molecule has 0 aliphatic carbocycles. The van der Waals surface area contributed by atoms with Crippen LogP contribution in [0.1, 0.15) is 25.3 Å². The first-order chi connectivity index (χ1) is 8.61. The lowest BCUT2D eigenvalue weighted by atomic mass is 9.92. The zero-order chi connectivity index (χ0) is 13.1. The number of nitrogens with zero attached hydrogens (tertiary/aromatic N) is 1. The second kappa shape index (κ2) is 7.44. The Morgan fingerprint density at radius 3 is 2.89 bits per heavy atom. The molecule has 108 valence electrons. The van der Waals surface area contributed by atoms with Crippen LogP contribution in [-0.2, 0) is 6.54 Å². The van der Waals surface area contributed by atoms with Crippen LogP contribution in [0.25, 0.3) is 0 Å². The second-order valence-corrected chi connectivity index (χ2v) is 5.61. The lowest BCUT2D eigenvalue weighted by Crippen LogP contribution is -2.45. The lowest BCUT2D eigenvalue weighted by Gasteiger charge is -2.38. The van der Waals surface area contributed by atoms with Crippen LogP contribution in [0.5, 0.6) is 0 Å². The Kier molecular flexibility index (Phi) is 6.54. The average molecular weight is 307 g/mol. The van der Waals surface area contributed by atoms with Crippen LogP contribution < -0.4 is 5.73 Å². The molecule has 19 heavy (non-hydrogen) atoms. The highest BCUT2D eigenvalue weighted by molar-refractivity contribution is 6.30. The van der Waals surface area contributed by atoms with Gasteiger partial charge in [-0.2, -0.15) is 0 Å². The zero-order valence-corrected chi connectivity index (χ0v) is 12.7. The molecule has 5 heteroatoms. The summed E-state index contributed by atoms with van der Waals surface area (Å²) in [6.07, 6.45) is 2.25. The molecule has 1 fully saturated rings. The van der Waals surface area contributed by atoms with Crippen molar-refractivity contribution in [3.05, 3.63) is 34.6 Å². The molecule has 0 aromatic heterocycles. The van der Waals surface area contributed by atoms with E-state index >= 15 is 0 Å². The van der Waals surface area contributed by atoms with E-state index in [4.69, 9.17) is 17.3 Å². The molecule has 2 unspecified atom stereocenters. The smallest absolute Gasteiger partial charge is 0.146 e. The summed E-state index contributed by atoms with van der Waals surface area (Å²) in [6.45, 7) is 4.46. The summed E-state index contributed by atoms with van der Waals surface area (Å²) in [5, 5.41) is 0.196. The first-order valence-electron chi connectivity index (χ1n) is 6.48. The molecule has 2 rings (SSSR count). The van der Waals surface area contributed by atoms with E-state index < -0.39 is 0 Å². The fraction of sp³-hybridized carbons (Fsp3) is 0.571.